The van der Waals surface area contributed by atoms with Crippen molar-refractivity contribution in [2.45, 2.75) is 17.4 Å². The van der Waals surface area contributed by atoms with Gasteiger partial charge in [-0.25, -0.2) is 8.42 Å². The van der Waals surface area contributed by atoms with Crippen LogP contribution in [0.1, 0.15) is 5.56 Å². The second kappa shape index (κ2) is 9.70. The second-order valence-corrected chi connectivity index (χ2v) is 7.80. The number of halogens is 1. The number of ether oxygens (including phenoxy) is 1. The highest BCUT2D eigenvalue weighted by Crippen LogP contribution is 2.27. The van der Waals surface area contributed by atoms with E-state index in [0.717, 1.165) is 5.56 Å². The molecule has 2 aromatic carbocycles. The van der Waals surface area contributed by atoms with E-state index in [-0.39, 0.29) is 29.5 Å². The molecule has 0 saturated carbocycles. The highest BCUT2D eigenvalue weighted by atomic mass is 35.5. The maximum Gasteiger partial charge on any atom is 0.241 e. The molecule has 0 aliphatic heterocycles. The molecule has 146 valence electrons. The van der Waals surface area contributed by atoms with Crippen molar-refractivity contribution in [3.63, 3.8) is 0 Å². The molecule has 2 rings (SSSR count). The molecule has 2 aromatic rings. The first-order valence-corrected chi connectivity index (χ1v) is 10.0. The van der Waals surface area contributed by atoms with Gasteiger partial charge in [0.05, 0.1) is 23.6 Å². The number of benzene rings is 2. The minimum Gasteiger partial charge on any atom is -0.495 e. The van der Waals surface area contributed by atoms with Crippen molar-refractivity contribution < 1.29 is 23.1 Å². The predicted molar refractivity (Wildman–Crippen MR) is 102 cm³/mol. The van der Waals surface area contributed by atoms with Crippen LogP contribution in [0.5, 0.6) is 5.75 Å². The molecule has 0 radical (unpaired) electrons. The zero-order valence-electron chi connectivity index (χ0n) is 14.7. The van der Waals surface area contributed by atoms with Crippen LogP contribution in [0.2, 0.25) is 5.02 Å². The van der Waals surface area contributed by atoms with E-state index in [1.807, 2.05) is 6.07 Å². The van der Waals surface area contributed by atoms with Crippen molar-refractivity contribution in [3.05, 3.63) is 59.1 Å². The van der Waals surface area contributed by atoms with Crippen LogP contribution in [0.15, 0.2) is 53.4 Å². The van der Waals surface area contributed by atoms with Crippen molar-refractivity contribution in [2.24, 2.45) is 0 Å². The van der Waals surface area contributed by atoms with E-state index in [0.29, 0.717) is 5.75 Å². The summed E-state index contributed by atoms with van der Waals surface area (Å²) in [4.78, 5) is 12.3. The lowest BCUT2D eigenvalue weighted by Crippen LogP contribution is -2.48. The van der Waals surface area contributed by atoms with Gasteiger partial charge in [0.2, 0.25) is 15.9 Å². The lowest BCUT2D eigenvalue weighted by Gasteiger charge is -2.19. The SMILES string of the molecule is COc1ccc(S(=O)(=O)N[C@@H](Cc2ccccc2)C(=O)NCCO)cc1Cl. The minimum atomic E-state index is -4.01. The third-order valence-electron chi connectivity index (χ3n) is 3.74. The summed E-state index contributed by atoms with van der Waals surface area (Å²) in [5, 5.41) is 11.5. The lowest BCUT2D eigenvalue weighted by molar-refractivity contribution is -0.122. The van der Waals surface area contributed by atoms with E-state index in [2.05, 4.69) is 10.0 Å². The Morgan fingerprint density at radius 2 is 1.93 bits per heavy atom. The molecule has 0 unspecified atom stereocenters. The van der Waals surface area contributed by atoms with Gasteiger partial charge in [-0.05, 0) is 30.2 Å². The number of aliphatic hydroxyl groups excluding tert-OH is 1. The van der Waals surface area contributed by atoms with Crippen molar-refractivity contribution in [2.75, 3.05) is 20.3 Å². The third kappa shape index (κ3) is 5.93. The normalized spacial score (nSPS) is 12.4. The predicted octanol–water partition coefficient (Wildman–Crippen LogP) is 1.35. The van der Waals surface area contributed by atoms with E-state index < -0.39 is 22.0 Å². The largest absolute Gasteiger partial charge is 0.495 e. The Balaban J connectivity index is 2.26. The van der Waals surface area contributed by atoms with Crippen LogP contribution in [-0.2, 0) is 21.2 Å². The number of carbonyl (C=O) groups excluding carboxylic acids is 1. The third-order valence-corrected chi connectivity index (χ3v) is 5.51. The smallest absolute Gasteiger partial charge is 0.241 e. The zero-order valence-corrected chi connectivity index (χ0v) is 16.3. The van der Waals surface area contributed by atoms with Crippen molar-refractivity contribution in [3.8, 4) is 5.75 Å². The Hall–Kier alpha value is -2.13. The molecule has 0 bridgehead atoms. The highest BCUT2D eigenvalue weighted by molar-refractivity contribution is 7.89. The van der Waals surface area contributed by atoms with Gasteiger partial charge in [0.15, 0.2) is 0 Å². The van der Waals surface area contributed by atoms with Crippen LogP contribution >= 0.6 is 11.6 Å². The average Bonchev–Trinajstić information content (AvgIpc) is 2.66. The summed E-state index contributed by atoms with van der Waals surface area (Å²) in [5.41, 5.74) is 0.789. The molecule has 0 aliphatic rings. The first-order chi connectivity index (χ1) is 12.9. The van der Waals surface area contributed by atoms with Crippen molar-refractivity contribution >= 4 is 27.5 Å². The molecule has 1 atom stereocenters. The van der Waals surface area contributed by atoms with Gasteiger partial charge in [0.25, 0.3) is 0 Å². The van der Waals surface area contributed by atoms with E-state index in [4.69, 9.17) is 21.4 Å². The van der Waals surface area contributed by atoms with Crippen LogP contribution in [0, 0.1) is 0 Å². The fourth-order valence-corrected chi connectivity index (χ4v) is 3.95. The minimum absolute atomic E-state index is 0.0280. The molecule has 0 fully saturated rings. The monoisotopic (exact) mass is 412 g/mol. The van der Waals surface area contributed by atoms with Crippen LogP contribution in [0.25, 0.3) is 0 Å². The van der Waals surface area contributed by atoms with Gasteiger partial charge in [-0.1, -0.05) is 41.9 Å². The summed E-state index contributed by atoms with van der Waals surface area (Å²) in [6.45, 7) is -0.217. The Kier molecular flexibility index (Phi) is 7.61. The van der Waals surface area contributed by atoms with Gasteiger partial charge in [-0.15, -0.1) is 0 Å². The molecular weight excluding hydrogens is 392 g/mol. The number of rotatable bonds is 9. The number of nitrogens with one attached hydrogen (secondary N) is 2. The molecule has 7 nitrogen and oxygen atoms in total. The summed E-state index contributed by atoms with van der Waals surface area (Å²) in [6, 6.07) is 12.0. The summed E-state index contributed by atoms with van der Waals surface area (Å²) in [6.07, 6.45) is 0.154. The number of aliphatic hydroxyl groups is 1. The molecule has 0 heterocycles. The van der Waals surface area contributed by atoms with Crippen LogP contribution < -0.4 is 14.8 Å². The van der Waals surface area contributed by atoms with Crippen molar-refractivity contribution in [1.82, 2.24) is 10.0 Å². The van der Waals surface area contributed by atoms with E-state index in [1.54, 1.807) is 24.3 Å². The molecule has 0 spiro atoms. The fourth-order valence-electron chi connectivity index (χ4n) is 2.41. The number of hydrogen-bond donors (Lipinski definition) is 3. The maximum atomic E-state index is 12.7. The van der Waals surface area contributed by atoms with Gasteiger partial charge < -0.3 is 15.2 Å². The molecule has 27 heavy (non-hydrogen) atoms. The molecule has 0 saturated heterocycles. The Bertz CT molecular complexity index is 875. The standard InChI is InChI=1S/C18H21ClN2O5S/c1-26-17-8-7-14(12-15(17)19)27(24,25)21-16(18(23)20-9-10-22)11-13-5-3-2-4-6-13/h2-8,12,16,21-22H,9-11H2,1H3,(H,20,23)/t16-/m0/s1. The van der Waals surface area contributed by atoms with E-state index in [9.17, 15) is 13.2 Å². The average molecular weight is 413 g/mol. The first-order valence-electron chi connectivity index (χ1n) is 8.15. The number of sulfonamides is 1. The Labute approximate surface area is 163 Å². The topological polar surface area (TPSA) is 105 Å². The quantitative estimate of drug-likeness (QED) is 0.576. The zero-order chi connectivity index (χ0) is 19.9. The lowest BCUT2D eigenvalue weighted by atomic mass is 10.1. The summed E-state index contributed by atoms with van der Waals surface area (Å²) < 4.78 is 32.9. The number of methoxy groups -OCH3 is 1. The molecule has 0 aliphatic carbocycles. The fraction of sp³-hybridized carbons (Fsp3) is 0.278. The molecule has 1 amide bonds. The van der Waals surface area contributed by atoms with Gasteiger partial charge in [0.1, 0.15) is 11.8 Å². The molecule has 0 aromatic heterocycles. The number of hydrogen-bond acceptors (Lipinski definition) is 5. The number of amides is 1. The van der Waals surface area contributed by atoms with Crippen LogP contribution in [0.3, 0.4) is 0 Å². The maximum absolute atomic E-state index is 12.7. The van der Waals surface area contributed by atoms with Crippen LogP contribution in [0.4, 0.5) is 0 Å². The van der Waals surface area contributed by atoms with E-state index >= 15 is 0 Å². The summed E-state index contributed by atoms with van der Waals surface area (Å²) in [7, 11) is -2.58. The second-order valence-electron chi connectivity index (χ2n) is 5.67. The molecular formula is C18H21ClN2O5S. The van der Waals surface area contributed by atoms with E-state index in [1.165, 1.54) is 25.3 Å². The van der Waals surface area contributed by atoms with Gasteiger partial charge in [-0.2, -0.15) is 4.72 Å². The number of carbonyl (C=O) groups is 1. The Morgan fingerprint density at radius 3 is 2.52 bits per heavy atom. The highest BCUT2D eigenvalue weighted by Gasteiger charge is 2.26. The van der Waals surface area contributed by atoms with Gasteiger partial charge in [-0.3, -0.25) is 4.79 Å². The summed E-state index contributed by atoms with van der Waals surface area (Å²) >= 11 is 6.01. The van der Waals surface area contributed by atoms with Gasteiger partial charge >= 0.3 is 0 Å². The van der Waals surface area contributed by atoms with Crippen molar-refractivity contribution in [1.29, 1.82) is 0 Å². The van der Waals surface area contributed by atoms with Crippen LogP contribution in [-0.4, -0.2) is 45.7 Å². The molecule has 9 heteroatoms. The van der Waals surface area contributed by atoms with Gasteiger partial charge in [0, 0.05) is 6.54 Å². The summed E-state index contributed by atoms with van der Waals surface area (Å²) in [5.74, 6) is -0.187. The first kappa shape index (κ1) is 21.2. The molecule has 3 N–H and O–H groups in total. The Morgan fingerprint density at radius 1 is 1.22 bits per heavy atom.